The molecule has 1 aromatic carbocycles. The highest BCUT2D eigenvalue weighted by Crippen LogP contribution is 2.19. The van der Waals surface area contributed by atoms with Crippen LogP contribution in [-0.4, -0.2) is 24.7 Å². The van der Waals surface area contributed by atoms with Gasteiger partial charge in [0.25, 0.3) is 0 Å². The first kappa shape index (κ1) is 14.1. The second kappa shape index (κ2) is 7.97. The van der Waals surface area contributed by atoms with E-state index in [1.54, 1.807) is 0 Å². The van der Waals surface area contributed by atoms with E-state index in [2.05, 4.69) is 22.4 Å². The fraction of sp³-hybridized carbons (Fsp3) is 0.400. The number of rotatable bonds is 5. The van der Waals surface area contributed by atoms with E-state index in [1.807, 2.05) is 36.4 Å². The Balaban J connectivity index is 1.86. The average Bonchev–Trinajstić information content (AvgIpc) is 2.47. The van der Waals surface area contributed by atoms with Crippen molar-refractivity contribution in [3.05, 3.63) is 35.9 Å². The largest absolute Gasteiger partial charge is 0.353 e. The SMILES string of the molecule is S=C=Nc1ccccc1/C=C\COC1CCCCO1. The molecule has 1 aromatic rings. The zero-order valence-electron chi connectivity index (χ0n) is 10.7. The highest BCUT2D eigenvalue weighted by molar-refractivity contribution is 7.78. The van der Waals surface area contributed by atoms with Gasteiger partial charge in [-0.3, -0.25) is 0 Å². The van der Waals surface area contributed by atoms with E-state index >= 15 is 0 Å². The highest BCUT2D eigenvalue weighted by Gasteiger charge is 2.12. The van der Waals surface area contributed by atoms with Crippen LogP contribution in [0.15, 0.2) is 35.3 Å². The van der Waals surface area contributed by atoms with Gasteiger partial charge >= 0.3 is 0 Å². The molecular formula is C15H17NO2S. The van der Waals surface area contributed by atoms with Crippen LogP contribution in [0.4, 0.5) is 5.69 Å². The van der Waals surface area contributed by atoms with Crippen molar-refractivity contribution in [2.24, 2.45) is 4.99 Å². The van der Waals surface area contributed by atoms with Crippen LogP contribution in [0.25, 0.3) is 6.08 Å². The van der Waals surface area contributed by atoms with Gasteiger partial charge < -0.3 is 9.47 Å². The van der Waals surface area contributed by atoms with Gasteiger partial charge in [-0.2, -0.15) is 4.99 Å². The van der Waals surface area contributed by atoms with E-state index in [0.717, 1.165) is 30.7 Å². The van der Waals surface area contributed by atoms with Crippen molar-refractivity contribution in [3.8, 4) is 0 Å². The topological polar surface area (TPSA) is 30.8 Å². The van der Waals surface area contributed by atoms with Crippen LogP contribution < -0.4 is 0 Å². The van der Waals surface area contributed by atoms with Gasteiger partial charge in [-0.05, 0) is 37.5 Å². The summed E-state index contributed by atoms with van der Waals surface area (Å²) in [5.74, 6) is 0. The van der Waals surface area contributed by atoms with E-state index in [1.165, 1.54) is 6.42 Å². The monoisotopic (exact) mass is 275 g/mol. The summed E-state index contributed by atoms with van der Waals surface area (Å²) in [6.45, 7) is 1.35. The van der Waals surface area contributed by atoms with Crippen molar-refractivity contribution in [2.45, 2.75) is 25.6 Å². The number of aliphatic imine (C=N–C) groups is 1. The lowest BCUT2D eigenvalue weighted by molar-refractivity contribution is -0.155. The van der Waals surface area contributed by atoms with Crippen LogP contribution in [0.2, 0.25) is 0 Å². The van der Waals surface area contributed by atoms with E-state index in [9.17, 15) is 0 Å². The van der Waals surface area contributed by atoms with Crippen LogP contribution in [-0.2, 0) is 9.47 Å². The molecule has 1 unspecified atom stereocenters. The number of thiocarbonyl (C=S) groups is 1. The zero-order chi connectivity index (χ0) is 13.3. The van der Waals surface area contributed by atoms with Gasteiger partial charge in [0.05, 0.1) is 17.5 Å². The third kappa shape index (κ3) is 4.69. The van der Waals surface area contributed by atoms with Gasteiger partial charge in [0, 0.05) is 12.2 Å². The number of hydrogen-bond donors (Lipinski definition) is 0. The van der Waals surface area contributed by atoms with Gasteiger partial charge in [0.15, 0.2) is 6.29 Å². The molecule has 0 aromatic heterocycles. The van der Waals surface area contributed by atoms with Crippen LogP contribution in [0.1, 0.15) is 24.8 Å². The number of isothiocyanates is 1. The minimum Gasteiger partial charge on any atom is -0.353 e. The van der Waals surface area contributed by atoms with E-state index in [0.29, 0.717) is 6.61 Å². The molecule has 0 spiro atoms. The molecule has 0 saturated carbocycles. The number of ether oxygens (including phenoxy) is 2. The second-order valence-electron chi connectivity index (χ2n) is 4.29. The minimum atomic E-state index is -0.0485. The molecule has 0 N–H and O–H groups in total. The Hall–Kier alpha value is -1.32. The molecule has 1 saturated heterocycles. The van der Waals surface area contributed by atoms with Crippen molar-refractivity contribution in [1.82, 2.24) is 0 Å². The fourth-order valence-corrected chi connectivity index (χ4v) is 2.06. The molecule has 19 heavy (non-hydrogen) atoms. The van der Waals surface area contributed by atoms with Gasteiger partial charge in [-0.15, -0.1) is 0 Å². The lowest BCUT2D eigenvalue weighted by Crippen LogP contribution is -2.22. The minimum absolute atomic E-state index is 0.0485. The number of nitrogens with zero attached hydrogens (tertiary/aromatic N) is 1. The standard InChI is InChI=1S/C15H17NO2S/c19-12-16-14-8-2-1-6-13(14)7-5-11-18-15-9-3-4-10-17-15/h1-2,5-8,15H,3-4,9-11H2/b7-5-. The Morgan fingerprint density at radius 2 is 2.32 bits per heavy atom. The molecular weight excluding hydrogens is 258 g/mol. The summed E-state index contributed by atoms with van der Waals surface area (Å²) in [6.07, 6.45) is 7.20. The van der Waals surface area contributed by atoms with Crippen LogP contribution in [0, 0.1) is 0 Å². The van der Waals surface area contributed by atoms with Crippen LogP contribution in [0.3, 0.4) is 0 Å². The molecule has 1 aliphatic heterocycles. The van der Waals surface area contributed by atoms with E-state index in [-0.39, 0.29) is 6.29 Å². The first-order valence-corrected chi connectivity index (χ1v) is 6.87. The maximum atomic E-state index is 5.63. The maximum Gasteiger partial charge on any atom is 0.157 e. The molecule has 4 heteroatoms. The summed E-state index contributed by atoms with van der Waals surface area (Å²) < 4.78 is 11.1. The molecule has 0 aliphatic carbocycles. The van der Waals surface area contributed by atoms with Crippen molar-refractivity contribution in [3.63, 3.8) is 0 Å². The van der Waals surface area contributed by atoms with Gasteiger partial charge in [-0.1, -0.05) is 30.4 Å². The Bertz CT molecular complexity index is 475. The lowest BCUT2D eigenvalue weighted by atomic mass is 10.1. The molecule has 0 amide bonds. The first-order chi connectivity index (χ1) is 9.40. The fourth-order valence-electron chi connectivity index (χ4n) is 1.96. The molecule has 1 atom stereocenters. The predicted molar refractivity (Wildman–Crippen MR) is 79.7 cm³/mol. The second-order valence-corrected chi connectivity index (χ2v) is 4.48. The summed E-state index contributed by atoms with van der Waals surface area (Å²) >= 11 is 4.63. The molecule has 2 rings (SSSR count). The van der Waals surface area contributed by atoms with Crippen molar-refractivity contribution < 1.29 is 9.47 Å². The van der Waals surface area contributed by atoms with Crippen LogP contribution >= 0.6 is 12.2 Å². The third-order valence-electron chi connectivity index (χ3n) is 2.92. The molecule has 0 bridgehead atoms. The molecule has 1 fully saturated rings. The summed E-state index contributed by atoms with van der Waals surface area (Å²) in [5, 5.41) is 2.39. The predicted octanol–water partition coefficient (Wildman–Crippen LogP) is 3.98. The lowest BCUT2D eigenvalue weighted by Gasteiger charge is -2.21. The first-order valence-electron chi connectivity index (χ1n) is 6.47. The zero-order valence-corrected chi connectivity index (χ0v) is 11.6. The molecule has 1 heterocycles. The quantitative estimate of drug-likeness (QED) is 0.601. The average molecular weight is 275 g/mol. The number of benzene rings is 1. The number of para-hydroxylation sites is 1. The summed E-state index contributed by atoms with van der Waals surface area (Å²) in [5.41, 5.74) is 1.83. The summed E-state index contributed by atoms with van der Waals surface area (Å²) in [6, 6.07) is 7.78. The molecule has 0 radical (unpaired) electrons. The third-order valence-corrected chi connectivity index (χ3v) is 3.01. The summed E-state index contributed by atoms with van der Waals surface area (Å²) in [7, 11) is 0. The van der Waals surface area contributed by atoms with E-state index in [4.69, 9.17) is 9.47 Å². The van der Waals surface area contributed by atoms with Gasteiger partial charge in [0.1, 0.15) is 0 Å². The molecule has 3 nitrogen and oxygen atoms in total. The van der Waals surface area contributed by atoms with Crippen molar-refractivity contribution in [1.29, 1.82) is 0 Å². The normalized spacial score (nSPS) is 19.3. The highest BCUT2D eigenvalue weighted by atomic mass is 32.1. The number of hydrogen-bond acceptors (Lipinski definition) is 4. The van der Waals surface area contributed by atoms with Crippen molar-refractivity contribution >= 4 is 29.1 Å². The smallest absolute Gasteiger partial charge is 0.157 e. The van der Waals surface area contributed by atoms with Gasteiger partial charge in [0.2, 0.25) is 0 Å². The van der Waals surface area contributed by atoms with Gasteiger partial charge in [-0.25, -0.2) is 0 Å². The Morgan fingerprint density at radius 3 is 3.11 bits per heavy atom. The molecule has 1 aliphatic rings. The molecule has 100 valence electrons. The Labute approximate surface area is 119 Å². The van der Waals surface area contributed by atoms with E-state index < -0.39 is 0 Å². The maximum absolute atomic E-state index is 5.63. The van der Waals surface area contributed by atoms with Crippen LogP contribution in [0.5, 0.6) is 0 Å². The Morgan fingerprint density at radius 1 is 1.42 bits per heavy atom. The van der Waals surface area contributed by atoms with Crippen molar-refractivity contribution in [2.75, 3.05) is 13.2 Å². The summed E-state index contributed by atoms with van der Waals surface area (Å²) in [4.78, 5) is 4.02. The Kier molecular flexibility index (Phi) is 5.92.